The fourth-order valence-electron chi connectivity index (χ4n) is 0.982. The molecule has 3 heteroatoms. The number of hydrogen-bond acceptors (Lipinski definition) is 3. The first kappa shape index (κ1) is 8.96. The summed E-state index contributed by atoms with van der Waals surface area (Å²) < 4.78 is 0. The lowest BCUT2D eigenvalue weighted by Gasteiger charge is -1.97. The summed E-state index contributed by atoms with van der Waals surface area (Å²) in [6.45, 7) is 0. The van der Waals surface area contributed by atoms with E-state index in [-0.39, 0.29) is 6.42 Å². The van der Waals surface area contributed by atoms with Crippen LogP contribution in [0.3, 0.4) is 0 Å². The van der Waals surface area contributed by atoms with Crippen molar-refractivity contribution in [2.45, 2.75) is 6.42 Å². The molecule has 0 bridgehead atoms. The van der Waals surface area contributed by atoms with Crippen LogP contribution in [-0.4, -0.2) is 6.29 Å². The molecule has 0 heterocycles. The van der Waals surface area contributed by atoms with Gasteiger partial charge < -0.3 is 0 Å². The Bertz CT molecular complexity index is 410. The van der Waals surface area contributed by atoms with Crippen molar-refractivity contribution in [3.05, 3.63) is 34.9 Å². The van der Waals surface area contributed by atoms with Crippen LogP contribution in [0, 0.1) is 22.7 Å². The highest BCUT2D eigenvalue weighted by molar-refractivity contribution is 5.59. The van der Waals surface area contributed by atoms with Gasteiger partial charge in [0.05, 0.1) is 23.3 Å². The van der Waals surface area contributed by atoms with Gasteiger partial charge in [0.2, 0.25) is 6.29 Å². The molecule has 0 saturated carbocycles. The molecule has 1 radical (unpaired) electrons. The highest BCUT2D eigenvalue weighted by Crippen LogP contribution is 2.10. The Kier molecular flexibility index (Phi) is 2.78. The predicted octanol–water partition coefficient (Wildman–Crippen LogP) is 1.08. The van der Waals surface area contributed by atoms with E-state index in [2.05, 4.69) is 0 Å². The molecule has 1 aromatic rings. The molecule has 1 rings (SSSR count). The summed E-state index contributed by atoms with van der Waals surface area (Å²) in [6.07, 6.45) is 1.80. The monoisotopic (exact) mass is 169 g/mol. The van der Waals surface area contributed by atoms with E-state index in [1.807, 2.05) is 12.1 Å². The smallest absolute Gasteiger partial charge is 0.203 e. The van der Waals surface area contributed by atoms with E-state index in [1.54, 1.807) is 18.4 Å². The summed E-state index contributed by atoms with van der Waals surface area (Å²) in [7, 11) is 0. The Morgan fingerprint density at radius 3 is 2.54 bits per heavy atom. The molecule has 0 atom stereocenters. The topological polar surface area (TPSA) is 64.7 Å². The molecule has 0 unspecified atom stereocenters. The largest absolute Gasteiger partial charge is 0.291 e. The van der Waals surface area contributed by atoms with E-state index < -0.39 is 0 Å². The highest BCUT2D eigenvalue weighted by Gasteiger charge is 2.02. The molecular weight excluding hydrogens is 164 g/mol. The number of hydrogen-bond donors (Lipinski definition) is 0. The molecule has 0 spiro atoms. The zero-order chi connectivity index (χ0) is 9.68. The summed E-state index contributed by atoms with van der Waals surface area (Å²) in [5, 5.41) is 17.2. The lowest BCUT2D eigenvalue weighted by Crippen LogP contribution is -1.91. The predicted molar refractivity (Wildman–Crippen MR) is 45.3 cm³/mol. The molecule has 0 fully saturated rings. The zero-order valence-corrected chi connectivity index (χ0v) is 6.74. The van der Waals surface area contributed by atoms with Crippen LogP contribution < -0.4 is 0 Å². The summed E-state index contributed by atoms with van der Waals surface area (Å²) in [6, 6.07) is 8.49. The number of benzene rings is 1. The second-order valence-corrected chi connectivity index (χ2v) is 2.42. The van der Waals surface area contributed by atoms with Crippen molar-refractivity contribution in [2.75, 3.05) is 0 Å². The zero-order valence-electron chi connectivity index (χ0n) is 6.74. The third-order valence-electron chi connectivity index (χ3n) is 1.62. The van der Waals surface area contributed by atoms with Crippen LogP contribution >= 0.6 is 0 Å². The second-order valence-electron chi connectivity index (χ2n) is 2.42. The van der Waals surface area contributed by atoms with Gasteiger partial charge in [-0.05, 0) is 17.7 Å². The average Bonchev–Trinajstić information content (AvgIpc) is 2.19. The second kappa shape index (κ2) is 4.04. The first-order chi connectivity index (χ1) is 6.31. The van der Waals surface area contributed by atoms with Gasteiger partial charge in [0.15, 0.2) is 0 Å². The number of carbonyl (C=O) groups excluding carboxylic acids is 1. The Morgan fingerprint density at radius 1 is 1.23 bits per heavy atom. The van der Waals surface area contributed by atoms with Crippen molar-refractivity contribution in [1.29, 1.82) is 10.5 Å². The molecule has 0 aliphatic carbocycles. The quantitative estimate of drug-likeness (QED) is 0.665. The van der Waals surface area contributed by atoms with Gasteiger partial charge in [-0.15, -0.1) is 0 Å². The summed E-state index contributed by atoms with van der Waals surface area (Å²) >= 11 is 0. The van der Waals surface area contributed by atoms with Gasteiger partial charge in [-0.1, -0.05) is 6.07 Å². The van der Waals surface area contributed by atoms with Crippen LogP contribution in [-0.2, 0) is 11.2 Å². The number of rotatable bonds is 2. The van der Waals surface area contributed by atoms with Gasteiger partial charge in [0.1, 0.15) is 0 Å². The Balaban J connectivity index is 3.19. The lowest BCUT2D eigenvalue weighted by atomic mass is 10.0. The normalized spacial score (nSPS) is 8.46. The Hall–Kier alpha value is -2.13. The third kappa shape index (κ3) is 1.91. The van der Waals surface area contributed by atoms with Crippen molar-refractivity contribution in [2.24, 2.45) is 0 Å². The van der Waals surface area contributed by atoms with E-state index in [0.717, 1.165) is 0 Å². The van der Waals surface area contributed by atoms with E-state index in [1.165, 1.54) is 6.07 Å². The maximum Gasteiger partial charge on any atom is 0.203 e. The minimum Gasteiger partial charge on any atom is -0.291 e. The van der Waals surface area contributed by atoms with Gasteiger partial charge >= 0.3 is 0 Å². The molecule has 1 aromatic carbocycles. The van der Waals surface area contributed by atoms with Gasteiger partial charge in [-0.2, -0.15) is 10.5 Å². The molecular formula is C10H5N2O. The third-order valence-corrected chi connectivity index (χ3v) is 1.62. The van der Waals surface area contributed by atoms with Crippen molar-refractivity contribution >= 4 is 6.29 Å². The fourth-order valence-corrected chi connectivity index (χ4v) is 0.982. The summed E-state index contributed by atoms with van der Waals surface area (Å²) in [5.74, 6) is 0. The highest BCUT2D eigenvalue weighted by atomic mass is 16.1. The summed E-state index contributed by atoms with van der Waals surface area (Å²) in [5.41, 5.74) is 1.39. The van der Waals surface area contributed by atoms with Crippen LogP contribution in [0.4, 0.5) is 0 Å². The molecule has 61 valence electrons. The first-order valence-electron chi connectivity index (χ1n) is 3.60. The minimum atomic E-state index is 0.0919. The van der Waals surface area contributed by atoms with E-state index in [4.69, 9.17) is 10.5 Å². The summed E-state index contributed by atoms with van der Waals surface area (Å²) in [4.78, 5) is 10.1. The van der Waals surface area contributed by atoms with Crippen LogP contribution in [0.25, 0.3) is 0 Å². The van der Waals surface area contributed by atoms with Crippen molar-refractivity contribution < 1.29 is 4.79 Å². The fraction of sp³-hybridized carbons (Fsp3) is 0.100. The van der Waals surface area contributed by atoms with Crippen LogP contribution in [0.5, 0.6) is 0 Å². The molecule has 0 saturated heterocycles. The molecule has 13 heavy (non-hydrogen) atoms. The van der Waals surface area contributed by atoms with E-state index >= 15 is 0 Å². The number of nitrogens with zero attached hydrogens (tertiary/aromatic N) is 2. The van der Waals surface area contributed by atoms with Crippen LogP contribution in [0.15, 0.2) is 18.2 Å². The maximum atomic E-state index is 10.1. The average molecular weight is 169 g/mol. The van der Waals surface area contributed by atoms with E-state index in [0.29, 0.717) is 16.7 Å². The van der Waals surface area contributed by atoms with Gasteiger partial charge in [-0.3, -0.25) is 4.79 Å². The van der Waals surface area contributed by atoms with Crippen molar-refractivity contribution in [3.8, 4) is 12.1 Å². The molecule has 0 N–H and O–H groups in total. The van der Waals surface area contributed by atoms with Gasteiger partial charge in [0, 0.05) is 6.42 Å². The Labute approximate surface area is 75.8 Å². The molecule has 0 aromatic heterocycles. The molecule has 3 nitrogen and oxygen atoms in total. The minimum absolute atomic E-state index is 0.0919. The first-order valence-corrected chi connectivity index (χ1v) is 3.60. The SMILES string of the molecule is N#Cc1ccc(C[C]=O)c(C#N)c1. The van der Waals surface area contributed by atoms with Gasteiger partial charge in [0.25, 0.3) is 0 Å². The molecule has 0 amide bonds. The van der Waals surface area contributed by atoms with E-state index in [9.17, 15) is 4.79 Å². The van der Waals surface area contributed by atoms with Crippen molar-refractivity contribution in [3.63, 3.8) is 0 Å². The molecule has 0 aliphatic rings. The maximum absolute atomic E-state index is 10.1. The van der Waals surface area contributed by atoms with Gasteiger partial charge in [-0.25, -0.2) is 0 Å². The van der Waals surface area contributed by atoms with Crippen LogP contribution in [0.2, 0.25) is 0 Å². The standard InChI is InChI=1S/C10H5N2O/c11-6-8-1-2-9(3-4-13)10(5-8)7-12/h1-2,5H,3H2. The Morgan fingerprint density at radius 2 is 2.00 bits per heavy atom. The lowest BCUT2D eigenvalue weighted by molar-refractivity contribution is 0.555. The van der Waals surface area contributed by atoms with Crippen molar-refractivity contribution in [1.82, 2.24) is 0 Å². The van der Waals surface area contributed by atoms with Crippen LogP contribution in [0.1, 0.15) is 16.7 Å². The molecule has 0 aliphatic heterocycles. The number of nitriles is 2.